The van der Waals surface area contributed by atoms with Crippen molar-refractivity contribution < 1.29 is 14.3 Å². The summed E-state index contributed by atoms with van der Waals surface area (Å²) in [4.78, 5) is 29.5. The molecule has 1 aromatic heterocycles. The molecule has 0 aliphatic carbocycles. The van der Waals surface area contributed by atoms with Gasteiger partial charge in [0.2, 0.25) is 5.91 Å². The number of likely N-dealkylation sites (N-methyl/N-ethyl adjacent to an activating group) is 1. The van der Waals surface area contributed by atoms with E-state index in [2.05, 4.69) is 15.0 Å². The van der Waals surface area contributed by atoms with E-state index >= 15 is 0 Å². The van der Waals surface area contributed by atoms with Crippen LogP contribution in [-0.2, 0) is 16.0 Å². The van der Waals surface area contributed by atoms with Gasteiger partial charge in [0, 0.05) is 29.6 Å². The number of benzene rings is 1. The number of carbonyl (C=O) groups is 2. The minimum atomic E-state index is -0.568. The maximum atomic E-state index is 11.9. The maximum absolute atomic E-state index is 11.9. The molecule has 6 nitrogen and oxygen atoms in total. The summed E-state index contributed by atoms with van der Waals surface area (Å²) in [5.41, 5.74) is 2.12. The molecule has 0 radical (unpaired) electrons. The number of carbonyl (C=O) groups excluding carboxylic acids is 2. The standard InChI is InChI=1S/C16H18ClN3O3S/c1-10-4-5-11(7-13(10)17)6-12-8-18-15(24-12)19-14(21)9-20(2)16(22)23-3/h4-5,7-8H,6,9H2,1-3H3,(H,18,19,21). The second-order valence-corrected chi connectivity index (χ2v) is 6.79. The normalized spacial score (nSPS) is 10.3. The van der Waals surface area contributed by atoms with E-state index in [-0.39, 0.29) is 12.5 Å². The smallest absolute Gasteiger partial charge is 0.409 e. The number of ether oxygens (including phenoxy) is 1. The largest absolute Gasteiger partial charge is 0.453 e. The highest BCUT2D eigenvalue weighted by molar-refractivity contribution is 7.15. The highest BCUT2D eigenvalue weighted by atomic mass is 35.5. The fourth-order valence-electron chi connectivity index (χ4n) is 1.99. The Kier molecular flexibility index (Phi) is 6.16. The Morgan fingerprint density at radius 1 is 1.42 bits per heavy atom. The van der Waals surface area contributed by atoms with Crippen molar-refractivity contribution in [1.82, 2.24) is 9.88 Å². The molecule has 1 N–H and O–H groups in total. The Hall–Kier alpha value is -2.12. The summed E-state index contributed by atoms with van der Waals surface area (Å²) in [5, 5.41) is 3.90. The number of methoxy groups -OCH3 is 1. The van der Waals surface area contributed by atoms with Crippen LogP contribution >= 0.6 is 22.9 Å². The molecule has 0 fully saturated rings. The lowest BCUT2D eigenvalue weighted by atomic mass is 10.1. The van der Waals surface area contributed by atoms with Gasteiger partial charge in [0.15, 0.2) is 5.13 Å². The molecular weight excluding hydrogens is 350 g/mol. The quantitative estimate of drug-likeness (QED) is 0.879. The number of aromatic nitrogens is 1. The number of nitrogens with one attached hydrogen (secondary N) is 1. The van der Waals surface area contributed by atoms with Gasteiger partial charge in [-0.2, -0.15) is 0 Å². The average Bonchev–Trinajstić information content (AvgIpc) is 2.96. The van der Waals surface area contributed by atoms with Crippen LogP contribution in [0.4, 0.5) is 9.93 Å². The number of hydrogen-bond acceptors (Lipinski definition) is 5. The molecule has 0 spiro atoms. The lowest BCUT2D eigenvalue weighted by Gasteiger charge is -2.13. The Morgan fingerprint density at radius 2 is 2.17 bits per heavy atom. The number of thiazole rings is 1. The SMILES string of the molecule is COC(=O)N(C)CC(=O)Nc1ncc(Cc2ccc(C)c(Cl)c2)s1. The van der Waals surface area contributed by atoms with Gasteiger partial charge >= 0.3 is 6.09 Å². The lowest BCUT2D eigenvalue weighted by molar-refractivity contribution is -0.116. The molecule has 0 atom stereocenters. The van der Waals surface area contributed by atoms with Crippen molar-refractivity contribution in [2.24, 2.45) is 0 Å². The minimum Gasteiger partial charge on any atom is -0.453 e. The van der Waals surface area contributed by atoms with E-state index in [0.717, 1.165) is 21.0 Å². The molecule has 2 rings (SSSR count). The highest BCUT2D eigenvalue weighted by Crippen LogP contribution is 2.23. The number of anilines is 1. The Labute approximate surface area is 149 Å². The van der Waals surface area contributed by atoms with Crippen molar-refractivity contribution in [3.8, 4) is 0 Å². The van der Waals surface area contributed by atoms with Gasteiger partial charge < -0.3 is 15.0 Å². The van der Waals surface area contributed by atoms with Crippen LogP contribution in [0.1, 0.15) is 16.0 Å². The molecule has 1 heterocycles. The number of amides is 2. The van der Waals surface area contributed by atoms with Gasteiger partial charge in [-0.3, -0.25) is 4.79 Å². The summed E-state index contributed by atoms with van der Waals surface area (Å²) in [6.07, 6.45) is 1.84. The summed E-state index contributed by atoms with van der Waals surface area (Å²) in [6, 6.07) is 5.93. The van der Waals surface area contributed by atoms with E-state index in [9.17, 15) is 9.59 Å². The molecule has 0 unspecified atom stereocenters. The van der Waals surface area contributed by atoms with Crippen molar-refractivity contribution in [2.45, 2.75) is 13.3 Å². The van der Waals surface area contributed by atoms with E-state index in [0.29, 0.717) is 11.6 Å². The van der Waals surface area contributed by atoms with Crippen molar-refractivity contribution in [2.75, 3.05) is 26.0 Å². The van der Waals surface area contributed by atoms with Crippen LogP contribution in [-0.4, -0.2) is 42.6 Å². The van der Waals surface area contributed by atoms with E-state index in [1.807, 2.05) is 25.1 Å². The fraction of sp³-hybridized carbons (Fsp3) is 0.312. The molecule has 8 heteroatoms. The zero-order valence-corrected chi connectivity index (χ0v) is 15.2. The molecular formula is C16H18ClN3O3S. The zero-order chi connectivity index (χ0) is 17.7. The fourth-order valence-corrected chi connectivity index (χ4v) is 3.06. The Bertz CT molecular complexity index is 748. The van der Waals surface area contributed by atoms with E-state index in [1.165, 1.54) is 30.4 Å². The van der Waals surface area contributed by atoms with Crippen LogP contribution < -0.4 is 5.32 Å². The Balaban J connectivity index is 1.94. The molecule has 0 aliphatic rings. The van der Waals surface area contributed by atoms with Crippen molar-refractivity contribution >= 4 is 40.1 Å². The number of aryl methyl sites for hydroxylation is 1. The van der Waals surface area contributed by atoms with E-state index < -0.39 is 6.09 Å². The predicted molar refractivity (Wildman–Crippen MR) is 94.8 cm³/mol. The zero-order valence-electron chi connectivity index (χ0n) is 13.6. The third-order valence-electron chi connectivity index (χ3n) is 3.28. The van der Waals surface area contributed by atoms with Crippen LogP contribution in [0, 0.1) is 6.92 Å². The van der Waals surface area contributed by atoms with E-state index in [1.54, 1.807) is 6.20 Å². The van der Waals surface area contributed by atoms with Gasteiger partial charge in [-0.15, -0.1) is 11.3 Å². The predicted octanol–water partition coefficient (Wildman–Crippen LogP) is 3.33. The first-order valence-corrected chi connectivity index (χ1v) is 8.37. The first-order valence-electron chi connectivity index (χ1n) is 7.17. The van der Waals surface area contributed by atoms with E-state index in [4.69, 9.17) is 11.6 Å². The molecule has 0 aliphatic heterocycles. The van der Waals surface area contributed by atoms with Gasteiger partial charge in [-0.05, 0) is 24.1 Å². The van der Waals surface area contributed by atoms with Crippen molar-refractivity contribution in [3.05, 3.63) is 45.4 Å². The number of hydrogen-bond donors (Lipinski definition) is 1. The number of halogens is 1. The topological polar surface area (TPSA) is 71.5 Å². The molecule has 2 aromatic rings. The molecule has 1 aromatic carbocycles. The molecule has 24 heavy (non-hydrogen) atoms. The van der Waals surface area contributed by atoms with Crippen LogP contribution in [0.25, 0.3) is 0 Å². The van der Waals surface area contributed by atoms with Gasteiger partial charge in [-0.25, -0.2) is 9.78 Å². The summed E-state index contributed by atoms with van der Waals surface area (Å²) in [6.45, 7) is 1.85. The summed E-state index contributed by atoms with van der Waals surface area (Å²) in [7, 11) is 2.75. The maximum Gasteiger partial charge on any atom is 0.409 e. The average molecular weight is 368 g/mol. The first kappa shape index (κ1) is 18.2. The monoisotopic (exact) mass is 367 g/mol. The number of rotatable bonds is 5. The summed E-state index contributed by atoms with van der Waals surface area (Å²) in [5.74, 6) is -0.331. The molecule has 0 bridgehead atoms. The summed E-state index contributed by atoms with van der Waals surface area (Å²) >= 11 is 7.51. The molecule has 128 valence electrons. The van der Waals surface area contributed by atoms with Crippen LogP contribution in [0.2, 0.25) is 5.02 Å². The second kappa shape index (κ2) is 8.12. The minimum absolute atomic E-state index is 0.102. The van der Waals surface area contributed by atoms with Crippen LogP contribution in [0.5, 0.6) is 0 Å². The Morgan fingerprint density at radius 3 is 2.83 bits per heavy atom. The second-order valence-electron chi connectivity index (χ2n) is 5.27. The molecule has 0 saturated carbocycles. The van der Waals surface area contributed by atoms with Crippen molar-refractivity contribution in [1.29, 1.82) is 0 Å². The lowest BCUT2D eigenvalue weighted by Crippen LogP contribution is -2.34. The third-order valence-corrected chi connectivity index (χ3v) is 4.60. The third kappa shape index (κ3) is 4.94. The van der Waals surface area contributed by atoms with Crippen molar-refractivity contribution in [3.63, 3.8) is 0 Å². The van der Waals surface area contributed by atoms with Crippen LogP contribution in [0.15, 0.2) is 24.4 Å². The first-order chi connectivity index (χ1) is 11.4. The van der Waals surface area contributed by atoms with Gasteiger partial charge in [-0.1, -0.05) is 23.7 Å². The summed E-state index contributed by atoms with van der Waals surface area (Å²) < 4.78 is 4.53. The molecule has 0 saturated heterocycles. The van der Waals surface area contributed by atoms with Gasteiger partial charge in [0.1, 0.15) is 6.54 Å². The van der Waals surface area contributed by atoms with Gasteiger partial charge in [0.05, 0.1) is 7.11 Å². The van der Waals surface area contributed by atoms with Gasteiger partial charge in [0.25, 0.3) is 0 Å². The molecule has 2 amide bonds. The highest BCUT2D eigenvalue weighted by Gasteiger charge is 2.14. The van der Waals surface area contributed by atoms with Crippen LogP contribution in [0.3, 0.4) is 0 Å². The number of nitrogens with zero attached hydrogens (tertiary/aromatic N) is 2.